The van der Waals surface area contributed by atoms with E-state index in [0.29, 0.717) is 11.3 Å². The molecule has 0 bridgehead atoms. The van der Waals surface area contributed by atoms with Crippen molar-refractivity contribution >= 4 is 34.7 Å². The van der Waals surface area contributed by atoms with Crippen LogP contribution in [-0.4, -0.2) is 34.1 Å². The van der Waals surface area contributed by atoms with E-state index in [1.807, 2.05) is 31.2 Å². The van der Waals surface area contributed by atoms with Crippen LogP contribution in [0.1, 0.15) is 11.1 Å². The van der Waals surface area contributed by atoms with Gasteiger partial charge in [-0.25, -0.2) is 0 Å². The van der Waals surface area contributed by atoms with Gasteiger partial charge < -0.3 is 4.74 Å². The summed E-state index contributed by atoms with van der Waals surface area (Å²) in [5.41, 5.74) is 1.53. The van der Waals surface area contributed by atoms with Crippen molar-refractivity contribution in [1.82, 2.24) is 4.90 Å². The lowest BCUT2D eigenvalue weighted by atomic mass is 10.2. The second kappa shape index (κ2) is 8.05. The molecule has 1 saturated heterocycles. The third kappa shape index (κ3) is 4.53. The molecule has 0 spiro atoms. The van der Waals surface area contributed by atoms with E-state index in [1.54, 1.807) is 6.07 Å². The van der Waals surface area contributed by atoms with Crippen LogP contribution in [0.2, 0.25) is 0 Å². The number of non-ortho nitro benzene ring substituents is 1. The fourth-order valence-electron chi connectivity index (χ4n) is 2.46. The van der Waals surface area contributed by atoms with Gasteiger partial charge in [-0.2, -0.15) is 0 Å². The number of hydrogen-bond donors (Lipinski definition) is 0. The SMILES string of the molecule is Cc1ccc(OCCN2C(=O)SC(=Cc3cccc([N+](=O)[O-])c3)C2=O)cc1. The second-order valence-corrected chi connectivity index (χ2v) is 6.84. The molecule has 0 aliphatic carbocycles. The average molecular weight is 384 g/mol. The van der Waals surface area contributed by atoms with Crippen molar-refractivity contribution in [2.24, 2.45) is 0 Å². The summed E-state index contributed by atoms with van der Waals surface area (Å²) >= 11 is 0.812. The van der Waals surface area contributed by atoms with Gasteiger partial charge in [-0.15, -0.1) is 0 Å². The van der Waals surface area contributed by atoms with Crippen molar-refractivity contribution in [3.05, 3.63) is 74.7 Å². The van der Waals surface area contributed by atoms with E-state index in [0.717, 1.165) is 22.2 Å². The van der Waals surface area contributed by atoms with Crippen LogP contribution in [0.4, 0.5) is 10.5 Å². The minimum absolute atomic E-state index is 0.0746. The molecule has 1 aliphatic heterocycles. The molecule has 0 unspecified atom stereocenters. The van der Waals surface area contributed by atoms with Crippen LogP contribution in [0.25, 0.3) is 6.08 Å². The number of thioether (sulfide) groups is 1. The highest BCUT2D eigenvalue weighted by Gasteiger charge is 2.34. The summed E-state index contributed by atoms with van der Waals surface area (Å²) in [6, 6.07) is 13.4. The first-order chi connectivity index (χ1) is 12.9. The van der Waals surface area contributed by atoms with Gasteiger partial charge in [0.15, 0.2) is 0 Å². The van der Waals surface area contributed by atoms with Crippen LogP contribution in [-0.2, 0) is 4.79 Å². The van der Waals surface area contributed by atoms with Crippen molar-refractivity contribution in [3.63, 3.8) is 0 Å². The molecule has 0 aromatic heterocycles. The van der Waals surface area contributed by atoms with Gasteiger partial charge in [0.2, 0.25) is 0 Å². The minimum Gasteiger partial charge on any atom is -0.492 e. The largest absolute Gasteiger partial charge is 0.492 e. The highest BCUT2D eigenvalue weighted by atomic mass is 32.2. The first-order valence-corrected chi connectivity index (χ1v) is 8.95. The minimum atomic E-state index is -0.508. The van der Waals surface area contributed by atoms with Crippen molar-refractivity contribution in [2.75, 3.05) is 13.2 Å². The number of nitro benzene ring substituents is 1. The van der Waals surface area contributed by atoms with Crippen LogP contribution in [0.3, 0.4) is 0 Å². The molecule has 1 fully saturated rings. The molecule has 27 heavy (non-hydrogen) atoms. The normalized spacial score (nSPS) is 15.4. The number of nitrogens with zero attached hydrogens (tertiary/aromatic N) is 2. The molecule has 2 aromatic carbocycles. The van der Waals surface area contributed by atoms with Crippen LogP contribution >= 0.6 is 11.8 Å². The monoisotopic (exact) mass is 384 g/mol. The summed E-state index contributed by atoms with van der Waals surface area (Å²) in [5, 5.41) is 10.5. The lowest BCUT2D eigenvalue weighted by molar-refractivity contribution is -0.384. The molecular formula is C19H16N2O5S. The molecule has 1 heterocycles. The number of aryl methyl sites for hydroxylation is 1. The smallest absolute Gasteiger partial charge is 0.293 e. The number of benzene rings is 2. The van der Waals surface area contributed by atoms with Crippen LogP contribution in [0.5, 0.6) is 5.75 Å². The summed E-state index contributed by atoms with van der Waals surface area (Å²) in [4.78, 5) is 36.2. The molecule has 1 aliphatic rings. The van der Waals surface area contributed by atoms with Gasteiger partial charge in [-0.05, 0) is 42.5 Å². The zero-order valence-electron chi connectivity index (χ0n) is 14.5. The van der Waals surface area contributed by atoms with Gasteiger partial charge in [-0.1, -0.05) is 29.8 Å². The van der Waals surface area contributed by atoms with E-state index in [-0.39, 0.29) is 29.0 Å². The van der Waals surface area contributed by atoms with Crippen molar-refractivity contribution < 1.29 is 19.2 Å². The highest BCUT2D eigenvalue weighted by molar-refractivity contribution is 8.18. The van der Waals surface area contributed by atoms with E-state index in [2.05, 4.69) is 0 Å². The van der Waals surface area contributed by atoms with Gasteiger partial charge in [0, 0.05) is 12.1 Å². The third-order valence-electron chi connectivity index (χ3n) is 3.86. The van der Waals surface area contributed by atoms with E-state index < -0.39 is 10.8 Å². The molecule has 0 atom stereocenters. The van der Waals surface area contributed by atoms with E-state index in [9.17, 15) is 19.7 Å². The lowest BCUT2D eigenvalue weighted by Crippen LogP contribution is -2.32. The van der Waals surface area contributed by atoms with E-state index in [1.165, 1.54) is 24.3 Å². The number of carbonyl (C=O) groups is 2. The molecule has 138 valence electrons. The Morgan fingerprint density at radius 2 is 1.93 bits per heavy atom. The zero-order chi connectivity index (χ0) is 19.4. The number of nitro groups is 1. The number of hydrogen-bond acceptors (Lipinski definition) is 6. The van der Waals surface area contributed by atoms with Crippen LogP contribution in [0.15, 0.2) is 53.4 Å². The predicted molar refractivity (Wildman–Crippen MR) is 102 cm³/mol. The molecule has 0 N–H and O–H groups in total. The number of amides is 2. The lowest BCUT2D eigenvalue weighted by Gasteiger charge is -2.13. The van der Waals surface area contributed by atoms with Gasteiger partial charge in [0.05, 0.1) is 16.4 Å². The van der Waals surface area contributed by atoms with Gasteiger partial charge in [0.25, 0.3) is 16.8 Å². The second-order valence-electron chi connectivity index (χ2n) is 5.85. The standard InChI is InChI=1S/C19H16N2O5S/c1-13-5-7-16(8-6-13)26-10-9-20-18(22)17(27-19(20)23)12-14-3-2-4-15(11-14)21(24)25/h2-8,11-12H,9-10H2,1H3. The molecule has 7 nitrogen and oxygen atoms in total. The summed E-state index contributed by atoms with van der Waals surface area (Å²) in [5.74, 6) is 0.240. The molecular weight excluding hydrogens is 368 g/mol. The van der Waals surface area contributed by atoms with Gasteiger partial charge in [-0.3, -0.25) is 24.6 Å². The van der Waals surface area contributed by atoms with Crippen molar-refractivity contribution in [3.8, 4) is 5.75 Å². The maximum atomic E-state index is 12.5. The summed E-state index contributed by atoms with van der Waals surface area (Å²) in [6.07, 6.45) is 1.48. The molecule has 2 amide bonds. The van der Waals surface area contributed by atoms with E-state index >= 15 is 0 Å². The maximum absolute atomic E-state index is 12.5. The average Bonchev–Trinajstić information content (AvgIpc) is 2.91. The van der Waals surface area contributed by atoms with E-state index in [4.69, 9.17) is 4.74 Å². The number of rotatable bonds is 6. The fourth-order valence-corrected chi connectivity index (χ4v) is 3.33. The Hall–Kier alpha value is -3.13. The van der Waals surface area contributed by atoms with Crippen molar-refractivity contribution in [2.45, 2.75) is 6.92 Å². The predicted octanol–water partition coefficient (Wildman–Crippen LogP) is 4.02. The molecule has 3 rings (SSSR count). The Labute approximate surface area is 159 Å². The number of carbonyl (C=O) groups excluding carboxylic acids is 2. The maximum Gasteiger partial charge on any atom is 0.293 e. The molecule has 2 aromatic rings. The fraction of sp³-hybridized carbons (Fsp3) is 0.158. The van der Waals surface area contributed by atoms with Crippen LogP contribution in [0, 0.1) is 17.0 Å². The first-order valence-electron chi connectivity index (χ1n) is 8.13. The summed E-state index contributed by atoms with van der Waals surface area (Å²) in [6.45, 7) is 2.29. The Bertz CT molecular complexity index is 924. The third-order valence-corrected chi connectivity index (χ3v) is 4.76. The number of ether oxygens (including phenoxy) is 1. The molecule has 0 radical (unpaired) electrons. The first kappa shape index (κ1) is 18.7. The molecule has 8 heteroatoms. The number of imide groups is 1. The Morgan fingerprint density at radius 1 is 1.19 bits per heavy atom. The van der Waals surface area contributed by atoms with Crippen molar-refractivity contribution in [1.29, 1.82) is 0 Å². The topological polar surface area (TPSA) is 89.8 Å². The Morgan fingerprint density at radius 3 is 2.63 bits per heavy atom. The molecule has 0 saturated carbocycles. The highest BCUT2D eigenvalue weighted by Crippen LogP contribution is 2.32. The Kier molecular flexibility index (Phi) is 5.56. The summed E-state index contributed by atoms with van der Waals surface area (Å²) < 4.78 is 5.57. The van der Waals surface area contributed by atoms with Gasteiger partial charge in [0.1, 0.15) is 12.4 Å². The Balaban J connectivity index is 1.65. The quantitative estimate of drug-likeness (QED) is 0.424. The summed E-state index contributed by atoms with van der Waals surface area (Å²) in [7, 11) is 0. The zero-order valence-corrected chi connectivity index (χ0v) is 15.3. The van der Waals surface area contributed by atoms with Crippen LogP contribution < -0.4 is 4.74 Å². The van der Waals surface area contributed by atoms with Gasteiger partial charge >= 0.3 is 0 Å².